The van der Waals surface area contributed by atoms with E-state index >= 15 is 0 Å². The van der Waals surface area contributed by atoms with E-state index in [0.29, 0.717) is 10.0 Å². The summed E-state index contributed by atoms with van der Waals surface area (Å²) in [6.45, 7) is 3.74. The summed E-state index contributed by atoms with van der Waals surface area (Å²) < 4.78 is 39.5. The predicted molar refractivity (Wildman–Crippen MR) is 80.3 cm³/mol. The molecule has 2 rings (SSSR count). The number of alkyl halides is 3. The van der Waals surface area contributed by atoms with Crippen LogP contribution in [-0.2, 0) is 17.5 Å². The van der Waals surface area contributed by atoms with Gasteiger partial charge in [-0.2, -0.15) is 18.3 Å². The van der Waals surface area contributed by atoms with Crippen LogP contribution in [0.25, 0.3) is 0 Å². The van der Waals surface area contributed by atoms with E-state index in [1.807, 2.05) is 6.92 Å². The lowest BCUT2D eigenvalue weighted by atomic mass is 10.3. The zero-order valence-corrected chi connectivity index (χ0v) is 14.0. The van der Waals surface area contributed by atoms with Gasteiger partial charge in [-0.3, -0.25) is 9.48 Å². The Morgan fingerprint density at radius 1 is 1.39 bits per heavy atom. The standard InChI is InChI=1S/C12H14F3N5OS2/c1-7-5-9(12(13,14)15)19-20(7)4-3-16-10(21)6-22-11-18-17-8(2)23-11/h5H,3-4,6H2,1-2H3,(H,16,21). The van der Waals surface area contributed by atoms with Crippen molar-refractivity contribution in [2.75, 3.05) is 12.3 Å². The summed E-state index contributed by atoms with van der Waals surface area (Å²) in [7, 11) is 0. The molecule has 126 valence electrons. The molecule has 0 radical (unpaired) electrons. The van der Waals surface area contributed by atoms with E-state index in [0.717, 1.165) is 11.1 Å². The van der Waals surface area contributed by atoms with Crippen molar-refractivity contribution in [3.63, 3.8) is 0 Å². The lowest BCUT2D eigenvalue weighted by Gasteiger charge is -2.06. The van der Waals surface area contributed by atoms with Gasteiger partial charge in [0.1, 0.15) is 5.01 Å². The van der Waals surface area contributed by atoms with Gasteiger partial charge in [-0.15, -0.1) is 10.2 Å². The lowest BCUT2D eigenvalue weighted by Crippen LogP contribution is -2.29. The number of rotatable bonds is 6. The number of nitrogens with zero attached hydrogens (tertiary/aromatic N) is 4. The van der Waals surface area contributed by atoms with Crippen LogP contribution >= 0.6 is 23.1 Å². The molecule has 0 saturated carbocycles. The molecule has 1 amide bonds. The SMILES string of the molecule is Cc1nnc(SCC(=O)NCCn2nc(C(F)(F)F)cc2C)s1. The summed E-state index contributed by atoms with van der Waals surface area (Å²) in [5.41, 5.74) is -0.534. The summed E-state index contributed by atoms with van der Waals surface area (Å²) in [6.07, 6.45) is -4.46. The van der Waals surface area contributed by atoms with Crippen LogP contribution in [0.2, 0.25) is 0 Å². The molecule has 23 heavy (non-hydrogen) atoms. The molecular weight excluding hydrogens is 351 g/mol. The minimum absolute atomic E-state index is 0.177. The molecule has 2 aromatic heterocycles. The molecule has 6 nitrogen and oxygen atoms in total. The molecule has 1 N–H and O–H groups in total. The van der Waals surface area contributed by atoms with Gasteiger partial charge >= 0.3 is 6.18 Å². The van der Waals surface area contributed by atoms with E-state index in [1.54, 1.807) is 0 Å². The zero-order chi connectivity index (χ0) is 17.0. The number of hydrogen-bond donors (Lipinski definition) is 1. The van der Waals surface area contributed by atoms with Crippen LogP contribution in [0.1, 0.15) is 16.4 Å². The number of carbonyl (C=O) groups is 1. The molecule has 0 unspecified atom stereocenters. The topological polar surface area (TPSA) is 72.7 Å². The molecule has 2 aromatic rings. The minimum Gasteiger partial charge on any atom is -0.354 e. The van der Waals surface area contributed by atoms with Crippen molar-refractivity contribution in [2.24, 2.45) is 0 Å². The van der Waals surface area contributed by atoms with Crippen LogP contribution < -0.4 is 5.32 Å². The maximum absolute atomic E-state index is 12.5. The van der Waals surface area contributed by atoms with Crippen molar-refractivity contribution < 1.29 is 18.0 Å². The Morgan fingerprint density at radius 2 is 2.13 bits per heavy atom. The van der Waals surface area contributed by atoms with Gasteiger partial charge in [-0.05, 0) is 19.9 Å². The Morgan fingerprint density at radius 3 is 2.70 bits per heavy atom. The van der Waals surface area contributed by atoms with Gasteiger partial charge in [-0.1, -0.05) is 23.1 Å². The van der Waals surface area contributed by atoms with Gasteiger partial charge in [-0.25, -0.2) is 0 Å². The van der Waals surface area contributed by atoms with Crippen LogP contribution in [-0.4, -0.2) is 38.2 Å². The number of aromatic nitrogens is 4. The molecule has 0 bridgehead atoms. The normalized spacial score (nSPS) is 11.7. The molecule has 0 aromatic carbocycles. The van der Waals surface area contributed by atoms with Crippen molar-refractivity contribution in [3.8, 4) is 0 Å². The fourth-order valence-electron chi connectivity index (χ4n) is 1.69. The van der Waals surface area contributed by atoms with E-state index in [-0.39, 0.29) is 24.7 Å². The highest BCUT2D eigenvalue weighted by Crippen LogP contribution is 2.28. The fraction of sp³-hybridized carbons (Fsp3) is 0.500. The zero-order valence-electron chi connectivity index (χ0n) is 12.3. The average Bonchev–Trinajstić information content (AvgIpc) is 3.03. The molecule has 11 heteroatoms. The van der Waals surface area contributed by atoms with Crippen LogP contribution in [0, 0.1) is 13.8 Å². The number of aryl methyl sites for hydroxylation is 2. The molecule has 0 saturated heterocycles. The van der Waals surface area contributed by atoms with E-state index in [2.05, 4.69) is 20.6 Å². The predicted octanol–water partition coefficient (Wildman–Crippen LogP) is 2.28. The summed E-state index contributed by atoms with van der Waals surface area (Å²) in [5.74, 6) is -0.0377. The number of amides is 1. The molecule has 0 atom stereocenters. The van der Waals surface area contributed by atoms with Crippen molar-refractivity contribution in [1.29, 1.82) is 0 Å². The second-order valence-corrected chi connectivity index (χ2v) is 7.02. The van der Waals surface area contributed by atoms with Gasteiger partial charge in [0.2, 0.25) is 5.91 Å². The quantitative estimate of drug-likeness (QED) is 0.795. The van der Waals surface area contributed by atoms with Gasteiger partial charge in [0.05, 0.1) is 12.3 Å². The van der Waals surface area contributed by atoms with Crippen LogP contribution in [0.15, 0.2) is 10.4 Å². The second-order valence-electron chi connectivity index (χ2n) is 4.62. The molecule has 0 aliphatic heterocycles. The van der Waals surface area contributed by atoms with Crippen molar-refractivity contribution in [2.45, 2.75) is 30.9 Å². The maximum atomic E-state index is 12.5. The lowest BCUT2D eigenvalue weighted by molar-refractivity contribution is -0.141. The number of thioether (sulfide) groups is 1. The Balaban J connectivity index is 1.76. The fourth-order valence-corrected chi connectivity index (χ4v) is 3.34. The number of halogens is 3. The van der Waals surface area contributed by atoms with Crippen LogP contribution in [0.4, 0.5) is 13.2 Å². The first-order valence-corrected chi connectivity index (χ1v) is 8.37. The van der Waals surface area contributed by atoms with Gasteiger partial charge < -0.3 is 5.32 Å². The van der Waals surface area contributed by atoms with E-state index in [9.17, 15) is 18.0 Å². The van der Waals surface area contributed by atoms with Crippen LogP contribution in [0.3, 0.4) is 0 Å². The molecule has 0 spiro atoms. The molecule has 0 aliphatic carbocycles. The Kier molecular flexibility index (Phi) is 5.63. The molecule has 2 heterocycles. The highest BCUT2D eigenvalue weighted by molar-refractivity contribution is 8.01. The van der Waals surface area contributed by atoms with Crippen molar-refractivity contribution in [1.82, 2.24) is 25.3 Å². The van der Waals surface area contributed by atoms with Gasteiger partial charge in [0.25, 0.3) is 0 Å². The Hall–Kier alpha value is -1.62. The maximum Gasteiger partial charge on any atom is 0.435 e. The Labute approximate surface area is 138 Å². The van der Waals surface area contributed by atoms with Gasteiger partial charge in [0.15, 0.2) is 10.0 Å². The number of hydrogen-bond acceptors (Lipinski definition) is 6. The van der Waals surface area contributed by atoms with E-state index < -0.39 is 11.9 Å². The smallest absolute Gasteiger partial charge is 0.354 e. The van der Waals surface area contributed by atoms with Crippen LogP contribution in [0.5, 0.6) is 0 Å². The largest absolute Gasteiger partial charge is 0.435 e. The third kappa shape index (κ3) is 5.20. The minimum atomic E-state index is -4.46. The number of nitrogens with one attached hydrogen (secondary N) is 1. The highest BCUT2D eigenvalue weighted by Gasteiger charge is 2.34. The first kappa shape index (κ1) is 17.7. The summed E-state index contributed by atoms with van der Waals surface area (Å²) >= 11 is 2.67. The molecule has 0 aliphatic rings. The second kappa shape index (κ2) is 7.30. The first-order chi connectivity index (χ1) is 10.8. The average molecular weight is 365 g/mol. The first-order valence-electron chi connectivity index (χ1n) is 6.57. The number of carbonyl (C=O) groups excluding carboxylic acids is 1. The molecule has 0 fully saturated rings. The van der Waals surface area contributed by atoms with E-state index in [1.165, 1.54) is 34.7 Å². The van der Waals surface area contributed by atoms with Gasteiger partial charge in [0, 0.05) is 12.2 Å². The Bertz CT molecular complexity index is 683. The van der Waals surface area contributed by atoms with E-state index in [4.69, 9.17) is 0 Å². The third-order valence-corrected chi connectivity index (χ3v) is 4.72. The van der Waals surface area contributed by atoms with Crippen molar-refractivity contribution in [3.05, 3.63) is 22.5 Å². The highest BCUT2D eigenvalue weighted by atomic mass is 32.2. The third-order valence-electron chi connectivity index (χ3n) is 2.75. The summed E-state index contributed by atoms with van der Waals surface area (Å²) in [5, 5.41) is 14.7. The monoisotopic (exact) mass is 365 g/mol. The van der Waals surface area contributed by atoms with Crippen molar-refractivity contribution >= 4 is 29.0 Å². The summed E-state index contributed by atoms with van der Waals surface area (Å²) in [6, 6.07) is 0.982. The molecular formula is C12H14F3N5OS2. The summed E-state index contributed by atoms with van der Waals surface area (Å²) in [4.78, 5) is 11.7.